The number of benzene rings is 2. The summed E-state index contributed by atoms with van der Waals surface area (Å²) in [5.41, 5.74) is 3.00. The van der Waals surface area contributed by atoms with Crippen LogP contribution in [0.25, 0.3) is 11.1 Å². The summed E-state index contributed by atoms with van der Waals surface area (Å²) in [6.45, 7) is 3.58. The SMILES string of the molecule is O=C(c1ccc(-c2ccccc2)cc1)N1CCN(CC(O)c2cccs2)CC1. The van der Waals surface area contributed by atoms with Crippen LogP contribution < -0.4 is 0 Å². The van der Waals surface area contributed by atoms with Crippen molar-refractivity contribution in [1.82, 2.24) is 9.80 Å². The van der Waals surface area contributed by atoms with Crippen LogP contribution in [-0.2, 0) is 0 Å². The van der Waals surface area contributed by atoms with Gasteiger partial charge in [-0.05, 0) is 34.7 Å². The molecule has 0 saturated carbocycles. The smallest absolute Gasteiger partial charge is 0.253 e. The fraction of sp³-hybridized carbons (Fsp3) is 0.261. The maximum absolute atomic E-state index is 12.8. The van der Waals surface area contributed by atoms with Crippen molar-refractivity contribution >= 4 is 17.2 Å². The lowest BCUT2D eigenvalue weighted by Gasteiger charge is -2.35. The van der Waals surface area contributed by atoms with Gasteiger partial charge in [0.1, 0.15) is 6.10 Å². The molecule has 1 aliphatic rings. The molecule has 1 saturated heterocycles. The summed E-state index contributed by atoms with van der Waals surface area (Å²) < 4.78 is 0. The summed E-state index contributed by atoms with van der Waals surface area (Å²) in [5, 5.41) is 12.3. The average molecular weight is 393 g/mol. The number of carbonyl (C=O) groups is 1. The van der Waals surface area contributed by atoms with Crippen molar-refractivity contribution in [3.63, 3.8) is 0 Å². The molecule has 1 amide bonds. The second-order valence-electron chi connectivity index (χ2n) is 7.07. The minimum atomic E-state index is -0.451. The Morgan fingerprint density at radius 2 is 1.57 bits per heavy atom. The molecule has 5 heteroatoms. The van der Waals surface area contributed by atoms with E-state index in [1.165, 1.54) is 0 Å². The molecule has 1 fully saturated rings. The van der Waals surface area contributed by atoms with E-state index in [4.69, 9.17) is 0 Å². The topological polar surface area (TPSA) is 43.8 Å². The van der Waals surface area contributed by atoms with Crippen molar-refractivity contribution < 1.29 is 9.90 Å². The zero-order valence-corrected chi connectivity index (χ0v) is 16.5. The third kappa shape index (κ3) is 4.33. The number of β-amino-alcohol motifs (C(OH)–C–C–N with tert-alkyl or cyclic N) is 1. The van der Waals surface area contributed by atoms with Crippen LogP contribution in [0.15, 0.2) is 72.1 Å². The van der Waals surface area contributed by atoms with E-state index in [-0.39, 0.29) is 5.91 Å². The highest BCUT2D eigenvalue weighted by Crippen LogP contribution is 2.22. The van der Waals surface area contributed by atoms with Gasteiger partial charge < -0.3 is 10.0 Å². The van der Waals surface area contributed by atoms with Crippen molar-refractivity contribution in [1.29, 1.82) is 0 Å². The highest BCUT2D eigenvalue weighted by Gasteiger charge is 2.24. The van der Waals surface area contributed by atoms with E-state index in [1.54, 1.807) is 11.3 Å². The lowest BCUT2D eigenvalue weighted by molar-refractivity contribution is 0.0533. The van der Waals surface area contributed by atoms with Gasteiger partial charge in [-0.15, -0.1) is 11.3 Å². The number of carbonyl (C=O) groups excluding carboxylic acids is 1. The first kappa shape index (κ1) is 18.9. The molecule has 0 aliphatic carbocycles. The highest BCUT2D eigenvalue weighted by atomic mass is 32.1. The monoisotopic (exact) mass is 392 g/mol. The Morgan fingerprint density at radius 1 is 0.893 bits per heavy atom. The molecule has 1 aromatic heterocycles. The van der Waals surface area contributed by atoms with Gasteiger partial charge >= 0.3 is 0 Å². The van der Waals surface area contributed by atoms with Gasteiger partial charge in [0.05, 0.1) is 0 Å². The van der Waals surface area contributed by atoms with Crippen LogP contribution in [0, 0.1) is 0 Å². The minimum absolute atomic E-state index is 0.0815. The standard InChI is InChI=1S/C23H24N2O2S/c26-21(22-7-4-16-28-22)17-24-12-14-25(15-13-24)23(27)20-10-8-19(9-11-20)18-5-2-1-3-6-18/h1-11,16,21,26H,12-15,17H2. The van der Waals surface area contributed by atoms with Gasteiger partial charge in [0.2, 0.25) is 0 Å². The molecule has 4 nitrogen and oxygen atoms in total. The Hall–Kier alpha value is -2.47. The first-order valence-electron chi connectivity index (χ1n) is 9.59. The van der Waals surface area contributed by atoms with E-state index in [0.717, 1.165) is 34.7 Å². The Morgan fingerprint density at radius 3 is 2.21 bits per heavy atom. The second kappa shape index (κ2) is 8.69. The van der Waals surface area contributed by atoms with Crippen LogP contribution >= 0.6 is 11.3 Å². The van der Waals surface area contributed by atoms with Gasteiger partial charge in [-0.2, -0.15) is 0 Å². The number of aliphatic hydroxyl groups excluding tert-OH is 1. The predicted octanol–water partition coefficient (Wildman–Crippen LogP) is 3.91. The normalized spacial score (nSPS) is 16.1. The molecule has 4 rings (SSSR count). The summed E-state index contributed by atoms with van der Waals surface area (Å²) in [5.74, 6) is 0.0815. The molecule has 1 N–H and O–H groups in total. The number of piperazine rings is 1. The molecular weight excluding hydrogens is 368 g/mol. The molecular formula is C23H24N2O2S. The van der Waals surface area contributed by atoms with Crippen molar-refractivity contribution in [2.45, 2.75) is 6.10 Å². The summed E-state index contributed by atoms with van der Waals surface area (Å²) in [7, 11) is 0. The molecule has 1 aliphatic heterocycles. The molecule has 0 bridgehead atoms. The highest BCUT2D eigenvalue weighted by molar-refractivity contribution is 7.10. The van der Waals surface area contributed by atoms with Crippen LogP contribution in [0.5, 0.6) is 0 Å². The maximum Gasteiger partial charge on any atom is 0.253 e. The number of nitrogens with zero attached hydrogens (tertiary/aromatic N) is 2. The van der Waals surface area contributed by atoms with Crippen LogP contribution in [0.4, 0.5) is 0 Å². The van der Waals surface area contributed by atoms with E-state index in [0.29, 0.717) is 19.6 Å². The maximum atomic E-state index is 12.8. The predicted molar refractivity (Wildman–Crippen MR) is 114 cm³/mol. The number of hydrogen-bond acceptors (Lipinski definition) is 4. The largest absolute Gasteiger partial charge is 0.386 e. The molecule has 1 unspecified atom stereocenters. The minimum Gasteiger partial charge on any atom is -0.386 e. The molecule has 0 radical (unpaired) electrons. The van der Waals surface area contributed by atoms with E-state index in [2.05, 4.69) is 17.0 Å². The van der Waals surface area contributed by atoms with Crippen molar-refractivity contribution in [3.05, 3.63) is 82.6 Å². The average Bonchev–Trinajstić information content (AvgIpc) is 3.30. The molecule has 144 valence electrons. The number of rotatable bonds is 5. The molecule has 3 aromatic rings. The van der Waals surface area contributed by atoms with E-state index >= 15 is 0 Å². The van der Waals surface area contributed by atoms with E-state index in [9.17, 15) is 9.90 Å². The summed E-state index contributed by atoms with van der Waals surface area (Å²) in [4.78, 5) is 18.0. The first-order valence-corrected chi connectivity index (χ1v) is 10.5. The Kier molecular flexibility index (Phi) is 5.86. The van der Waals surface area contributed by atoms with Gasteiger partial charge in [0.25, 0.3) is 5.91 Å². The zero-order valence-electron chi connectivity index (χ0n) is 15.7. The third-order valence-corrected chi connectivity index (χ3v) is 6.17. The number of thiophene rings is 1. The molecule has 0 spiro atoms. The fourth-order valence-corrected chi connectivity index (χ4v) is 4.27. The summed E-state index contributed by atoms with van der Waals surface area (Å²) in [6.07, 6.45) is -0.451. The van der Waals surface area contributed by atoms with Crippen LogP contribution in [-0.4, -0.2) is 53.5 Å². The quantitative estimate of drug-likeness (QED) is 0.716. The van der Waals surface area contributed by atoms with Crippen molar-refractivity contribution in [2.75, 3.05) is 32.7 Å². The van der Waals surface area contributed by atoms with Gasteiger partial charge in [-0.3, -0.25) is 9.69 Å². The zero-order chi connectivity index (χ0) is 19.3. The van der Waals surface area contributed by atoms with Crippen LogP contribution in [0.1, 0.15) is 21.3 Å². The molecule has 1 atom stereocenters. The first-order chi connectivity index (χ1) is 13.7. The number of aliphatic hydroxyl groups is 1. The van der Waals surface area contributed by atoms with Gasteiger partial charge in [0, 0.05) is 43.2 Å². The summed E-state index contributed by atoms with van der Waals surface area (Å²) in [6, 6.07) is 22.0. The van der Waals surface area contributed by atoms with Gasteiger partial charge in [-0.25, -0.2) is 0 Å². The molecule has 2 heterocycles. The number of amides is 1. The second-order valence-corrected chi connectivity index (χ2v) is 8.05. The van der Waals surface area contributed by atoms with E-state index in [1.807, 2.05) is 64.9 Å². The van der Waals surface area contributed by atoms with Crippen LogP contribution in [0.3, 0.4) is 0 Å². The Bertz CT molecular complexity index is 886. The summed E-state index contributed by atoms with van der Waals surface area (Å²) >= 11 is 1.58. The van der Waals surface area contributed by atoms with Crippen molar-refractivity contribution in [3.8, 4) is 11.1 Å². The lowest BCUT2D eigenvalue weighted by Crippen LogP contribution is -2.49. The third-order valence-electron chi connectivity index (χ3n) is 5.20. The van der Waals surface area contributed by atoms with Gasteiger partial charge in [-0.1, -0.05) is 48.5 Å². The Labute approximate surface area is 169 Å². The molecule has 28 heavy (non-hydrogen) atoms. The lowest BCUT2D eigenvalue weighted by atomic mass is 10.0. The fourth-order valence-electron chi connectivity index (χ4n) is 3.57. The van der Waals surface area contributed by atoms with Crippen LogP contribution in [0.2, 0.25) is 0 Å². The van der Waals surface area contributed by atoms with Gasteiger partial charge in [0.15, 0.2) is 0 Å². The number of hydrogen-bond donors (Lipinski definition) is 1. The Balaban J connectivity index is 1.32. The molecule has 2 aromatic carbocycles. The van der Waals surface area contributed by atoms with E-state index < -0.39 is 6.10 Å². The van der Waals surface area contributed by atoms with Crippen molar-refractivity contribution in [2.24, 2.45) is 0 Å².